The van der Waals surface area contributed by atoms with Crippen LogP contribution in [0.5, 0.6) is 0 Å². The fourth-order valence-corrected chi connectivity index (χ4v) is 3.81. The predicted octanol–water partition coefficient (Wildman–Crippen LogP) is -0.0946. The van der Waals surface area contributed by atoms with Crippen molar-refractivity contribution in [3.8, 4) is 0 Å². The Balaban J connectivity index is 2.14. The van der Waals surface area contributed by atoms with Crippen LogP contribution in [0.2, 0.25) is 0 Å². The first kappa shape index (κ1) is 13.0. The maximum Gasteiger partial charge on any atom is 0.303 e. The van der Waals surface area contributed by atoms with Crippen LogP contribution in [0, 0.1) is 5.92 Å². The highest BCUT2D eigenvalue weighted by atomic mass is 32.2. The van der Waals surface area contributed by atoms with Crippen LogP contribution in [0.25, 0.3) is 0 Å². The van der Waals surface area contributed by atoms with Gasteiger partial charge in [0.15, 0.2) is 5.03 Å². The molecule has 1 N–H and O–H groups in total. The van der Waals surface area contributed by atoms with Gasteiger partial charge in [-0.1, -0.05) is 0 Å². The van der Waals surface area contributed by atoms with Crippen LogP contribution in [-0.2, 0) is 21.9 Å². The molecule has 0 aromatic carbocycles. The molecule has 1 aliphatic rings. The van der Waals surface area contributed by atoms with Gasteiger partial charge < -0.3 is 5.11 Å². The van der Waals surface area contributed by atoms with Crippen molar-refractivity contribution in [2.75, 3.05) is 13.1 Å². The van der Waals surface area contributed by atoms with E-state index < -0.39 is 16.0 Å². The summed E-state index contributed by atoms with van der Waals surface area (Å²) in [5.41, 5.74) is 0. The number of aliphatic carboxylic acids is 1. The Labute approximate surface area is 105 Å². The number of hydrogen-bond donors (Lipinski definition) is 1. The first-order valence-electron chi connectivity index (χ1n) is 5.61. The van der Waals surface area contributed by atoms with Gasteiger partial charge >= 0.3 is 5.97 Å². The fourth-order valence-electron chi connectivity index (χ4n) is 2.18. The van der Waals surface area contributed by atoms with Gasteiger partial charge in [-0.05, 0) is 18.4 Å². The lowest BCUT2D eigenvalue weighted by Gasteiger charge is -2.16. The van der Waals surface area contributed by atoms with Crippen molar-refractivity contribution in [3.05, 3.63) is 12.3 Å². The van der Waals surface area contributed by atoms with E-state index in [4.69, 9.17) is 5.11 Å². The Morgan fingerprint density at radius 2 is 2.33 bits per heavy atom. The number of sulfonamides is 1. The van der Waals surface area contributed by atoms with Crippen LogP contribution >= 0.6 is 0 Å². The molecule has 1 fully saturated rings. The molecular weight excluding hydrogens is 258 g/mol. The molecule has 0 amide bonds. The molecule has 1 atom stereocenters. The molecule has 0 bridgehead atoms. The van der Waals surface area contributed by atoms with E-state index in [0.29, 0.717) is 13.0 Å². The van der Waals surface area contributed by atoms with E-state index in [-0.39, 0.29) is 23.9 Å². The summed E-state index contributed by atoms with van der Waals surface area (Å²) in [6.45, 7) is 0.630. The molecule has 1 unspecified atom stereocenters. The van der Waals surface area contributed by atoms with Gasteiger partial charge in [-0.15, -0.1) is 0 Å². The Hall–Kier alpha value is -1.41. The van der Waals surface area contributed by atoms with Gasteiger partial charge in [0, 0.05) is 26.6 Å². The molecule has 18 heavy (non-hydrogen) atoms. The normalized spacial score (nSPS) is 21.3. The molecule has 2 heterocycles. The highest BCUT2D eigenvalue weighted by Gasteiger charge is 2.34. The lowest BCUT2D eigenvalue weighted by atomic mass is 10.1. The lowest BCUT2D eigenvalue weighted by Crippen LogP contribution is -2.30. The van der Waals surface area contributed by atoms with Crippen molar-refractivity contribution in [2.45, 2.75) is 17.9 Å². The number of nitrogens with zero attached hydrogens (tertiary/aromatic N) is 3. The Morgan fingerprint density at radius 1 is 1.61 bits per heavy atom. The zero-order valence-electron chi connectivity index (χ0n) is 9.98. The number of carboxylic acids is 1. The second-order valence-corrected chi connectivity index (χ2v) is 6.29. The van der Waals surface area contributed by atoms with E-state index in [1.165, 1.54) is 21.3 Å². The van der Waals surface area contributed by atoms with Crippen LogP contribution in [0.4, 0.5) is 0 Å². The minimum atomic E-state index is -3.55. The molecule has 1 aromatic rings. The predicted molar refractivity (Wildman–Crippen MR) is 62.3 cm³/mol. The van der Waals surface area contributed by atoms with E-state index in [0.717, 1.165) is 0 Å². The van der Waals surface area contributed by atoms with E-state index in [9.17, 15) is 13.2 Å². The molecular formula is C10H15N3O4S. The first-order valence-corrected chi connectivity index (χ1v) is 7.05. The van der Waals surface area contributed by atoms with E-state index in [1.54, 1.807) is 7.05 Å². The van der Waals surface area contributed by atoms with Gasteiger partial charge in [-0.25, -0.2) is 8.42 Å². The Morgan fingerprint density at radius 3 is 2.89 bits per heavy atom. The van der Waals surface area contributed by atoms with Crippen LogP contribution in [0.3, 0.4) is 0 Å². The monoisotopic (exact) mass is 273 g/mol. The molecule has 1 aromatic heterocycles. The molecule has 0 spiro atoms. The highest BCUT2D eigenvalue weighted by molar-refractivity contribution is 7.89. The number of hydrogen-bond acceptors (Lipinski definition) is 4. The number of aromatic nitrogens is 2. The summed E-state index contributed by atoms with van der Waals surface area (Å²) in [7, 11) is -1.99. The zero-order chi connectivity index (χ0) is 13.3. The van der Waals surface area contributed by atoms with Gasteiger partial charge in [0.05, 0.1) is 6.20 Å². The van der Waals surface area contributed by atoms with Crippen molar-refractivity contribution in [1.29, 1.82) is 0 Å². The molecule has 7 nitrogen and oxygen atoms in total. The summed E-state index contributed by atoms with van der Waals surface area (Å²) < 4.78 is 27.2. The van der Waals surface area contributed by atoms with Crippen molar-refractivity contribution in [2.24, 2.45) is 13.0 Å². The number of rotatable bonds is 4. The summed E-state index contributed by atoms with van der Waals surface area (Å²) in [6, 6.07) is 1.44. The zero-order valence-corrected chi connectivity index (χ0v) is 10.8. The average Bonchev–Trinajstić information content (AvgIpc) is 2.86. The summed E-state index contributed by atoms with van der Waals surface area (Å²) in [5.74, 6) is -0.995. The standard InChI is InChI=1S/C10H15N3O4S/c1-12-9(2-4-11-12)18(16,17)13-5-3-8(7-13)6-10(14)15/h2,4,8H,3,5-7H2,1H3,(H,14,15). The Kier molecular flexibility index (Phi) is 3.40. The van der Waals surface area contributed by atoms with Gasteiger partial charge in [-0.3, -0.25) is 9.48 Å². The van der Waals surface area contributed by atoms with Crippen molar-refractivity contribution in [3.63, 3.8) is 0 Å². The summed E-state index contributed by atoms with van der Waals surface area (Å²) in [6.07, 6.45) is 2.03. The summed E-state index contributed by atoms with van der Waals surface area (Å²) in [4.78, 5) is 10.6. The maximum atomic E-state index is 12.3. The van der Waals surface area contributed by atoms with Crippen molar-refractivity contribution >= 4 is 16.0 Å². The summed E-state index contributed by atoms with van der Waals surface area (Å²) in [5, 5.41) is 12.7. The second-order valence-electron chi connectivity index (χ2n) is 4.41. The van der Waals surface area contributed by atoms with Crippen molar-refractivity contribution < 1.29 is 18.3 Å². The van der Waals surface area contributed by atoms with Gasteiger partial charge in [-0.2, -0.15) is 9.40 Å². The smallest absolute Gasteiger partial charge is 0.303 e. The number of carbonyl (C=O) groups is 1. The SMILES string of the molecule is Cn1nccc1S(=O)(=O)N1CCC(CC(=O)O)C1. The minimum absolute atomic E-state index is 0.0113. The molecule has 0 aliphatic carbocycles. The molecule has 8 heteroatoms. The van der Waals surface area contributed by atoms with Crippen LogP contribution in [0.1, 0.15) is 12.8 Å². The third-order valence-electron chi connectivity index (χ3n) is 3.09. The fraction of sp³-hybridized carbons (Fsp3) is 0.600. The first-order chi connectivity index (χ1) is 8.41. The van der Waals surface area contributed by atoms with Gasteiger partial charge in [0.25, 0.3) is 10.0 Å². The quantitative estimate of drug-likeness (QED) is 0.827. The number of aryl methyl sites for hydroxylation is 1. The molecule has 1 aliphatic heterocycles. The third kappa shape index (κ3) is 2.39. The van der Waals surface area contributed by atoms with E-state index in [2.05, 4.69) is 5.10 Å². The highest BCUT2D eigenvalue weighted by Crippen LogP contribution is 2.25. The molecule has 0 saturated carbocycles. The molecule has 1 saturated heterocycles. The topological polar surface area (TPSA) is 92.5 Å². The van der Waals surface area contributed by atoms with Crippen molar-refractivity contribution in [1.82, 2.24) is 14.1 Å². The van der Waals surface area contributed by atoms with E-state index >= 15 is 0 Å². The molecule has 2 rings (SSSR count). The van der Waals surface area contributed by atoms with Crippen LogP contribution in [-0.4, -0.2) is 46.7 Å². The minimum Gasteiger partial charge on any atom is -0.481 e. The second kappa shape index (κ2) is 4.69. The molecule has 0 radical (unpaired) electrons. The van der Waals surface area contributed by atoms with E-state index in [1.807, 2.05) is 0 Å². The van der Waals surface area contributed by atoms with Gasteiger partial charge in [0.1, 0.15) is 0 Å². The molecule has 100 valence electrons. The third-order valence-corrected chi connectivity index (χ3v) is 5.03. The summed E-state index contributed by atoms with van der Waals surface area (Å²) >= 11 is 0. The van der Waals surface area contributed by atoms with Crippen LogP contribution < -0.4 is 0 Å². The lowest BCUT2D eigenvalue weighted by molar-refractivity contribution is -0.137. The number of carboxylic acid groups (broad SMARTS) is 1. The average molecular weight is 273 g/mol. The Bertz CT molecular complexity index is 551. The largest absolute Gasteiger partial charge is 0.481 e. The van der Waals surface area contributed by atoms with Gasteiger partial charge in [0.2, 0.25) is 0 Å². The maximum absolute atomic E-state index is 12.3. The van der Waals surface area contributed by atoms with Crippen LogP contribution in [0.15, 0.2) is 17.3 Å².